The lowest BCUT2D eigenvalue weighted by Gasteiger charge is -1.93. The number of aliphatic imine (C=N–C) groups is 1. The molecule has 2 N–H and O–H groups in total. The van der Waals surface area contributed by atoms with E-state index in [-0.39, 0.29) is 5.88 Å². The molecule has 3 aromatic rings. The van der Waals surface area contributed by atoms with Crippen molar-refractivity contribution >= 4 is 22.9 Å². The van der Waals surface area contributed by atoms with Gasteiger partial charge in [-0.3, -0.25) is 4.99 Å². The lowest BCUT2D eigenvalue weighted by atomic mass is 10.2. The molecule has 0 amide bonds. The van der Waals surface area contributed by atoms with Crippen LogP contribution in [0.3, 0.4) is 0 Å². The fourth-order valence-corrected chi connectivity index (χ4v) is 1.81. The molecule has 0 aliphatic heterocycles. The van der Waals surface area contributed by atoms with Gasteiger partial charge in [-0.25, -0.2) is 4.98 Å². The first-order valence-corrected chi connectivity index (χ1v) is 5.59. The minimum Gasteiger partial charge on any atom is -0.494 e. The van der Waals surface area contributed by atoms with Crippen LogP contribution in [0, 0.1) is 0 Å². The van der Waals surface area contributed by atoms with Gasteiger partial charge < -0.3 is 10.1 Å². The highest BCUT2D eigenvalue weighted by Gasteiger charge is 2.08. The smallest absolute Gasteiger partial charge is 0.199 e. The van der Waals surface area contributed by atoms with Gasteiger partial charge in [-0.15, -0.1) is 0 Å². The van der Waals surface area contributed by atoms with E-state index in [4.69, 9.17) is 0 Å². The Hall–Kier alpha value is -2.62. The third-order valence-electron chi connectivity index (χ3n) is 2.69. The topological polar surface area (TPSA) is 61.3 Å². The van der Waals surface area contributed by atoms with Crippen molar-refractivity contribution in [1.82, 2.24) is 9.97 Å². The first kappa shape index (κ1) is 10.5. The zero-order chi connectivity index (χ0) is 12.4. The van der Waals surface area contributed by atoms with E-state index in [0.29, 0.717) is 11.2 Å². The largest absolute Gasteiger partial charge is 0.494 e. The second-order valence-corrected chi connectivity index (χ2v) is 3.88. The standard InChI is InChI=1S/C14H11N3O/c18-14-12(9-16-10-5-2-1-3-6-10)11-7-4-8-15-13(11)17-14/h1-9,18H,(H,15,17). The lowest BCUT2D eigenvalue weighted by Crippen LogP contribution is -1.79. The quantitative estimate of drug-likeness (QED) is 0.673. The Morgan fingerprint density at radius 3 is 2.78 bits per heavy atom. The van der Waals surface area contributed by atoms with Crippen LogP contribution in [0.25, 0.3) is 11.0 Å². The van der Waals surface area contributed by atoms with Crippen molar-refractivity contribution in [2.24, 2.45) is 4.99 Å². The summed E-state index contributed by atoms with van der Waals surface area (Å²) in [5, 5.41) is 10.7. The number of para-hydroxylation sites is 1. The fraction of sp³-hybridized carbons (Fsp3) is 0. The van der Waals surface area contributed by atoms with Crippen LogP contribution in [0.1, 0.15) is 5.56 Å². The predicted molar refractivity (Wildman–Crippen MR) is 71.5 cm³/mol. The first-order chi connectivity index (χ1) is 8.84. The van der Waals surface area contributed by atoms with Gasteiger partial charge in [0.1, 0.15) is 5.65 Å². The second kappa shape index (κ2) is 4.33. The number of aromatic amines is 1. The third-order valence-corrected chi connectivity index (χ3v) is 2.69. The number of H-pyrrole nitrogens is 1. The highest BCUT2D eigenvalue weighted by atomic mass is 16.3. The molecule has 4 heteroatoms. The maximum atomic E-state index is 9.83. The molecule has 0 aliphatic rings. The zero-order valence-electron chi connectivity index (χ0n) is 9.54. The first-order valence-electron chi connectivity index (χ1n) is 5.59. The molecule has 0 atom stereocenters. The summed E-state index contributed by atoms with van der Waals surface area (Å²) < 4.78 is 0. The summed E-state index contributed by atoms with van der Waals surface area (Å²) in [5.41, 5.74) is 2.15. The zero-order valence-corrected chi connectivity index (χ0v) is 9.54. The molecule has 4 nitrogen and oxygen atoms in total. The van der Waals surface area contributed by atoms with Crippen molar-refractivity contribution in [3.8, 4) is 5.88 Å². The van der Waals surface area contributed by atoms with E-state index in [1.807, 2.05) is 42.5 Å². The third kappa shape index (κ3) is 1.84. The minimum absolute atomic E-state index is 0.0865. The van der Waals surface area contributed by atoms with Crippen LogP contribution in [0.4, 0.5) is 5.69 Å². The number of nitrogens with one attached hydrogen (secondary N) is 1. The van der Waals surface area contributed by atoms with Gasteiger partial charge in [-0.05, 0) is 24.3 Å². The predicted octanol–water partition coefficient (Wildman–Crippen LogP) is 3.02. The van der Waals surface area contributed by atoms with Gasteiger partial charge in [0.05, 0.1) is 11.3 Å². The number of pyridine rings is 1. The van der Waals surface area contributed by atoms with Crippen LogP contribution >= 0.6 is 0 Å². The van der Waals surface area contributed by atoms with Crippen LogP contribution in [0.15, 0.2) is 53.7 Å². The van der Waals surface area contributed by atoms with E-state index < -0.39 is 0 Å². The Bertz CT molecular complexity index is 701. The van der Waals surface area contributed by atoms with Crippen LogP contribution in [-0.4, -0.2) is 21.3 Å². The molecule has 0 unspecified atom stereocenters. The number of nitrogens with zero attached hydrogens (tertiary/aromatic N) is 2. The molecule has 3 rings (SSSR count). The minimum atomic E-state index is 0.0865. The number of fused-ring (bicyclic) bond motifs is 1. The molecule has 0 saturated heterocycles. The van der Waals surface area contributed by atoms with E-state index in [1.54, 1.807) is 12.4 Å². The summed E-state index contributed by atoms with van der Waals surface area (Å²) in [6.07, 6.45) is 3.32. The maximum absolute atomic E-state index is 9.83. The molecule has 18 heavy (non-hydrogen) atoms. The van der Waals surface area contributed by atoms with Crippen molar-refractivity contribution in [1.29, 1.82) is 0 Å². The molecule has 1 aromatic carbocycles. The van der Waals surface area contributed by atoms with Gasteiger partial charge in [0.15, 0.2) is 5.88 Å². The van der Waals surface area contributed by atoms with Crippen LogP contribution in [0.2, 0.25) is 0 Å². The highest BCUT2D eigenvalue weighted by Crippen LogP contribution is 2.24. The molecule has 0 spiro atoms. The average Bonchev–Trinajstić information content (AvgIpc) is 2.73. The Morgan fingerprint density at radius 1 is 1.11 bits per heavy atom. The number of aromatic nitrogens is 2. The van der Waals surface area contributed by atoms with Crippen LogP contribution < -0.4 is 0 Å². The Morgan fingerprint density at radius 2 is 1.94 bits per heavy atom. The van der Waals surface area contributed by atoms with Gasteiger partial charge >= 0.3 is 0 Å². The van der Waals surface area contributed by atoms with Crippen molar-refractivity contribution in [2.45, 2.75) is 0 Å². The fourth-order valence-electron chi connectivity index (χ4n) is 1.81. The Labute approximate surface area is 104 Å². The molecule has 0 bridgehead atoms. The van der Waals surface area contributed by atoms with Crippen molar-refractivity contribution in [3.05, 3.63) is 54.2 Å². The van der Waals surface area contributed by atoms with Gasteiger partial charge in [0.25, 0.3) is 0 Å². The van der Waals surface area contributed by atoms with Gasteiger partial charge in [0, 0.05) is 17.8 Å². The molecule has 0 saturated carbocycles. The Balaban J connectivity index is 2.05. The normalized spacial score (nSPS) is 11.3. The summed E-state index contributed by atoms with van der Waals surface area (Å²) >= 11 is 0. The molecular formula is C14H11N3O. The lowest BCUT2D eigenvalue weighted by molar-refractivity contribution is 0.457. The van der Waals surface area contributed by atoms with E-state index >= 15 is 0 Å². The molecule has 0 fully saturated rings. The second-order valence-electron chi connectivity index (χ2n) is 3.88. The molecule has 0 aliphatic carbocycles. The van der Waals surface area contributed by atoms with Gasteiger partial charge in [-0.2, -0.15) is 0 Å². The Kier molecular flexibility index (Phi) is 2.53. The molecule has 0 radical (unpaired) electrons. The summed E-state index contributed by atoms with van der Waals surface area (Å²) in [7, 11) is 0. The number of rotatable bonds is 2. The molecule has 2 aromatic heterocycles. The molecule has 88 valence electrons. The van der Waals surface area contributed by atoms with Crippen molar-refractivity contribution in [3.63, 3.8) is 0 Å². The van der Waals surface area contributed by atoms with Gasteiger partial charge in [-0.1, -0.05) is 18.2 Å². The highest BCUT2D eigenvalue weighted by molar-refractivity contribution is 6.01. The number of hydrogen-bond donors (Lipinski definition) is 2. The summed E-state index contributed by atoms with van der Waals surface area (Å²) in [6, 6.07) is 13.3. The number of benzene rings is 1. The van der Waals surface area contributed by atoms with E-state index in [2.05, 4.69) is 15.0 Å². The summed E-state index contributed by atoms with van der Waals surface area (Å²) in [5.74, 6) is 0.0865. The monoisotopic (exact) mass is 237 g/mol. The van der Waals surface area contributed by atoms with E-state index in [0.717, 1.165) is 11.1 Å². The number of aromatic hydroxyl groups is 1. The van der Waals surface area contributed by atoms with Gasteiger partial charge in [0.2, 0.25) is 0 Å². The van der Waals surface area contributed by atoms with E-state index in [9.17, 15) is 5.11 Å². The van der Waals surface area contributed by atoms with Crippen molar-refractivity contribution < 1.29 is 5.11 Å². The SMILES string of the molecule is Oc1[nH]c2ncccc2c1C=Nc1ccccc1. The maximum Gasteiger partial charge on any atom is 0.199 e. The summed E-state index contributed by atoms with van der Waals surface area (Å²) in [6.45, 7) is 0. The molecular weight excluding hydrogens is 226 g/mol. The van der Waals surface area contributed by atoms with E-state index in [1.165, 1.54) is 0 Å². The summed E-state index contributed by atoms with van der Waals surface area (Å²) in [4.78, 5) is 11.3. The van der Waals surface area contributed by atoms with Crippen LogP contribution in [0.5, 0.6) is 5.88 Å². The average molecular weight is 237 g/mol. The van der Waals surface area contributed by atoms with Crippen molar-refractivity contribution in [2.75, 3.05) is 0 Å². The number of hydrogen-bond acceptors (Lipinski definition) is 3. The van der Waals surface area contributed by atoms with Crippen LogP contribution in [-0.2, 0) is 0 Å². The molecule has 2 heterocycles.